The number of ether oxygens (including phenoxy) is 2. The summed E-state index contributed by atoms with van der Waals surface area (Å²) in [6.45, 7) is 4.00. The van der Waals surface area contributed by atoms with Gasteiger partial charge in [0.1, 0.15) is 24.7 Å². The zero-order valence-corrected chi connectivity index (χ0v) is 23.8. The normalized spacial score (nSPS) is 19.7. The van der Waals surface area contributed by atoms with Crippen molar-refractivity contribution in [1.29, 1.82) is 0 Å². The first-order valence-electron chi connectivity index (χ1n) is 14.8. The first kappa shape index (κ1) is 29.6. The van der Waals surface area contributed by atoms with Crippen LogP contribution in [0.2, 0.25) is 0 Å². The Morgan fingerprint density at radius 2 is 1.10 bits per heavy atom. The van der Waals surface area contributed by atoms with E-state index in [9.17, 15) is 19.8 Å². The van der Waals surface area contributed by atoms with E-state index in [0.29, 0.717) is 37.6 Å². The van der Waals surface area contributed by atoms with Crippen LogP contribution in [-0.2, 0) is 35.6 Å². The molecule has 8 nitrogen and oxygen atoms in total. The summed E-state index contributed by atoms with van der Waals surface area (Å²) < 4.78 is 12.1. The van der Waals surface area contributed by atoms with E-state index in [4.69, 9.17) is 9.47 Å². The summed E-state index contributed by atoms with van der Waals surface area (Å²) in [5.41, 5.74) is 3.98. The van der Waals surface area contributed by atoms with Gasteiger partial charge in [0.05, 0.1) is 11.8 Å². The van der Waals surface area contributed by atoms with Crippen LogP contribution in [0, 0.1) is 23.7 Å². The van der Waals surface area contributed by atoms with Gasteiger partial charge in [-0.3, -0.25) is 9.59 Å². The molecule has 2 aliphatic rings. The molecular weight excluding hydrogens is 532 g/mol. The smallest absolute Gasteiger partial charge is 0.307 e. The minimum Gasteiger partial charge on any atom is -0.489 e. The Labute approximate surface area is 247 Å². The molecule has 3 aromatic carbocycles. The highest BCUT2D eigenvalue weighted by molar-refractivity contribution is 5.71. The highest BCUT2D eigenvalue weighted by Crippen LogP contribution is 2.27. The predicted octanol–water partition coefficient (Wildman–Crippen LogP) is 4.55. The van der Waals surface area contributed by atoms with Crippen LogP contribution >= 0.6 is 0 Å². The van der Waals surface area contributed by atoms with E-state index in [1.54, 1.807) is 0 Å². The van der Waals surface area contributed by atoms with Crippen LogP contribution in [0.1, 0.15) is 35.1 Å². The van der Waals surface area contributed by atoms with Crippen LogP contribution in [0.4, 0.5) is 0 Å². The van der Waals surface area contributed by atoms with Crippen LogP contribution in [0.5, 0.6) is 11.5 Å². The molecule has 2 aliphatic heterocycles. The Kier molecular flexibility index (Phi) is 10.1. The molecule has 0 radical (unpaired) electrons. The summed E-state index contributed by atoms with van der Waals surface area (Å²) in [5, 5.41) is 26.1. The fraction of sp³-hybridized carbons (Fsp3) is 0.412. The van der Waals surface area contributed by atoms with Crippen LogP contribution in [0.15, 0.2) is 72.8 Å². The lowest BCUT2D eigenvalue weighted by molar-refractivity contribution is -0.144. The molecule has 8 heteroatoms. The Bertz CT molecular complexity index is 1250. The van der Waals surface area contributed by atoms with Crippen molar-refractivity contribution in [3.8, 4) is 11.5 Å². The van der Waals surface area contributed by atoms with Gasteiger partial charge in [-0.25, -0.2) is 0 Å². The second kappa shape index (κ2) is 14.3. The topological polar surface area (TPSA) is 117 Å². The van der Waals surface area contributed by atoms with Crippen molar-refractivity contribution in [3.63, 3.8) is 0 Å². The van der Waals surface area contributed by atoms with Gasteiger partial charge in [-0.05, 0) is 98.1 Å². The van der Waals surface area contributed by atoms with Crippen molar-refractivity contribution in [2.45, 2.75) is 38.9 Å². The molecule has 42 heavy (non-hydrogen) atoms. The lowest BCUT2D eigenvalue weighted by Crippen LogP contribution is -2.27. The lowest BCUT2D eigenvalue weighted by atomic mass is 9.86. The van der Waals surface area contributed by atoms with Crippen molar-refractivity contribution >= 4 is 11.9 Å². The van der Waals surface area contributed by atoms with E-state index in [1.165, 1.54) is 0 Å². The Hall–Kier alpha value is -3.88. The Morgan fingerprint density at radius 3 is 1.50 bits per heavy atom. The third kappa shape index (κ3) is 8.11. The second-order valence-corrected chi connectivity index (χ2v) is 11.5. The monoisotopic (exact) mass is 572 g/mol. The highest BCUT2D eigenvalue weighted by atomic mass is 16.5. The van der Waals surface area contributed by atoms with E-state index < -0.39 is 23.8 Å². The largest absolute Gasteiger partial charge is 0.489 e. The maximum atomic E-state index is 11.9. The van der Waals surface area contributed by atoms with Gasteiger partial charge >= 0.3 is 11.9 Å². The highest BCUT2D eigenvalue weighted by Gasteiger charge is 2.31. The average molecular weight is 573 g/mol. The minimum atomic E-state index is -0.736. The van der Waals surface area contributed by atoms with Crippen LogP contribution in [0.25, 0.3) is 0 Å². The number of benzene rings is 3. The SMILES string of the molecule is O=C(O)[C@@H](Cc1cccc(COc2cccc(OCc3cccc(C[C@H](C(=O)O)[C@H]4CCNC4)c3)c2)c1)[C@H]1CCNC1. The Balaban J connectivity index is 1.15. The van der Waals surface area contributed by atoms with Crippen molar-refractivity contribution in [3.05, 3.63) is 95.1 Å². The van der Waals surface area contributed by atoms with Crippen LogP contribution in [-0.4, -0.2) is 48.3 Å². The third-order valence-electron chi connectivity index (χ3n) is 8.48. The molecular formula is C34H40N2O6. The van der Waals surface area contributed by atoms with Crippen molar-refractivity contribution < 1.29 is 29.3 Å². The molecule has 0 amide bonds. The standard InChI is InChI=1S/C34H40N2O6/c37-33(38)31(27-10-12-35-19-27)16-23-4-1-6-25(14-23)21-41-29-8-3-9-30(18-29)42-22-26-7-2-5-24(15-26)17-32(34(39)40)28-11-13-36-20-28/h1-9,14-15,18,27-28,31-32,35-36H,10-13,16-17,19-22H2,(H,37,38)(H,39,40)/t27-,28-,31-,32-/m0/s1. The zero-order chi connectivity index (χ0) is 29.3. The third-order valence-corrected chi connectivity index (χ3v) is 8.48. The van der Waals surface area contributed by atoms with Crippen molar-refractivity contribution in [2.75, 3.05) is 26.2 Å². The lowest BCUT2D eigenvalue weighted by Gasteiger charge is -2.19. The van der Waals surface area contributed by atoms with E-state index in [2.05, 4.69) is 10.6 Å². The molecule has 0 unspecified atom stereocenters. The summed E-state index contributed by atoms with van der Waals surface area (Å²) in [6.07, 6.45) is 2.81. The minimum absolute atomic E-state index is 0.156. The number of carbonyl (C=O) groups is 2. The van der Waals surface area contributed by atoms with Gasteiger partial charge in [-0.2, -0.15) is 0 Å². The number of hydrogen-bond donors (Lipinski definition) is 4. The van der Waals surface area contributed by atoms with Crippen molar-refractivity contribution in [2.24, 2.45) is 23.7 Å². The molecule has 0 saturated carbocycles. The molecule has 4 atom stereocenters. The van der Waals surface area contributed by atoms with Gasteiger partial charge in [-0.15, -0.1) is 0 Å². The molecule has 0 aliphatic carbocycles. The summed E-state index contributed by atoms with van der Waals surface area (Å²) >= 11 is 0. The molecule has 2 saturated heterocycles. The van der Waals surface area contributed by atoms with Crippen molar-refractivity contribution in [1.82, 2.24) is 10.6 Å². The van der Waals surface area contributed by atoms with E-state index >= 15 is 0 Å². The number of hydrogen-bond acceptors (Lipinski definition) is 6. The fourth-order valence-corrected chi connectivity index (χ4v) is 6.14. The molecule has 3 aromatic rings. The number of aliphatic carboxylic acids is 2. The number of nitrogens with one attached hydrogen (secondary N) is 2. The average Bonchev–Trinajstić information content (AvgIpc) is 3.72. The van der Waals surface area contributed by atoms with Crippen LogP contribution in [0.3, 0.4) is 0 Å². The maximum Gasteiger partial charge on any atom is 0.307 e. The number of rotatable bonds is 14. The van der Waals surface area contributed by atoms with Gasteiger partial charge in [0.25, 0.3) is 0 Å². The molecule has 0 aromatic heterocycles. The first-order chi connectivity index (χ1) is 20.4. The van der Waals surface area contributed by atoms with Gasteiger partial charge in [0.15, 0.2) is 0 Å². The molecule has 4 N–H and O–H groups in total. The second-order valence-electron chi connectivity index (χ2n) is 11.5. The zero-order valence-electron chi connectivity index (χ0n) is 23.8. The summed E-state index contributed by atoms with van der Waals surface area (Å²) in [4.78, 5) is 23.8. The fourth-order valence-electron chi connectivity index (χ4n) is 6.14. The molecule has 2 heterocycles. The van der Waals surface area contributed by atoms with Gasteiger partial charge in [0.2, 0.25) is 0 Å². The quantitative estimate of drug-likeness (QED) is 0.222. The van der Waals surface area contributed by atoms with E-state index in [1.807, 2.05) is 72.8 Å². The number of carboxylic acids is 2. The maximum absolute atomic E-state index is 11.9. The molecule has 2 fully saturated rings. The van der Waals surface area contributed by atoms with E-state index in [-0.39, 0.29) is 11.8 Å². The summed E-state index contributed by atoms with van der Waals surface area (Å²) in [6, 6.07) is 23.4. The summed E-state index contributed by atoms with van der Waals surface area (Å²) in [7, 11) is 0. The molecule has 0 bridgehead atoms. The Morgan fingerprint density at radius 1 is 0.667 bits per heavy atom. The molecule has 222 valence electrons. The summed E-state index contributed by atoms with van der Waals surface area (Å²) in [5.74, 6) is -0.585. The molecule has 5 rings (SSSR count). The molecule has 0 spiro atoms. The predicted molar refractivity (Wildman–Crippen MR) is 160 cm³/mol. The van der Waals surface area contributed by atoms with E-state index in [0.717, 1.165) is 61.3 Å². The van der Waals surface area contributed by atoms with Gasteiger partial charge in [-0.1, -0.05) is 54.6 Å². The van der Waals surface area contributed by atoms with Crippen LogP contribution < -0.4 is 20.1 Å². The first-order valence-corrected chi connectivity index (χ1v) is 14.8. The number of carboxylic acid groups (broad SMARTS) is 2. The van der Waals surface area contributed by atoms with Gasteiger partial charge < -0.3 is 30.3 Å². The van der Waals surface area contributed by atoms with Gasteiger partial charge in [0, 0.05) is 6.07 Å².